The van der Waals surface area contributed by atoms with Crippen molar-refractivity contribution in [2.45, 2.75) is 0 Å². The van der Waals surface area contributed by atoms with E-state index in [0.717, 1.165) is 0 Å². The van der Waals surface area contributed by atoms with Gasteiger partial charge in [-0.25, -0.2) is 5.21 Å². The lowest BCUT2D eigenvalue weighted by molar-refractivity contribution is -1.06. The van der Waals surface area contributed by atoms with Crippen LogP contribution in [-0.4, -0.2) is 30.0 Å². The molecule has 0 aromatic carbocycles. The second-order valence-corrected chi connectivity index (χ2v) is 1.98. The van der Waals surface area contributed by atoms with Gasteiger partial charge >= 0.3 is 0 Å². The van der Waals surface area contributed by atoms with E-state index in [9.17, 15) is 0 Å². The molecule has 0 saturated heterocycles. The second kappa shape index (κ2) is 1.78. The number of hydroxylamine groups is 3. The van der Waals surface area contributed by atoms with E-state index in [1.165, 1.54) is 0 Å². The fourth-order valence-corrected chi connectivity index (χ4v) is 0. The van der Waals surface area contributed by atoms with E-state index in [1.54, 1.807) is 14.1 Å². The predicted molar refractivity (Wildman–Crippen MR) is 24.6 cm³/mol. The van der Waals surface area contributed by atoms with Crippen LogP contribution in [0.3, 0.4) is 0 Å². The Hall–Kier alpha value is 0.210. The fraction of sp³-hybridized carbons (Fsp3) is 1.00. The Morgan fingerprint density at radius 1 is 1.67 bits per heavy atom. The Bertz CT molecular complexity index is 40.5. The van der Waals surface area contributed by atoms with E-state index in [2.05, 4.69) is 0 Å². The lowest BCUT2D eigenvalue weighted by Crippen LogP contribution is -2.33. The van der Waals surface area contributed by atoms with Gasteiger partial charge in [-0.05, 0) is 0 Å². The average molecular weight is 111 g/mol. The van der Waals surface area contributed by atoms with Crippen LogP contribution < -0.4 is 0 Å². The number of alkyl halides is 1. The van der Waals surface area contributed by atoms with Crippen molar-refractivity contribution in [3.8, 4) is 0 Å². The van der Waals surface area contributed by atoms with Crippen molar-refractivity contribution >= 4 is 11.6 Å². The van der Waals surface area contributed by atoms with E-state index >= 15 is 0 Å². The van der Waals surface area contributed by atoms with Crippen molar-refractivity contribution in [1.29, 1.82) is 0 Å². The average Bonchev–Trinajstić information content (AvgIpc) is 1.35. The van der Waals surface area contributed by atoms with Crippen molar-refractivity contribution in [3.63, 3.8) is 0 Å². The van der Waals surface area contributed by atoms with Gasteiger partial charge in [0.05, 0.1) is 14.1 Å². The number of nitrogens with zero attached hydrogens (tertiary/aromatic N) is 1. The first-order valence-corrected chi connectivity index (χ1v) is 2.21. The lowest BCUT2D eigenvalue weighted by atomic mass is 11.0. The molecule has 0 heterocycles. The minimum Gasteiger partial charge on any atom is -0.216 e. The summed E-state index contributed by atoms with van der Waals surface area (Å²) in [4.78, 5) is 0. The molecule has 0 aromatic rings. The summed E-state index contributed by atoms with van der Waals surface area (Å²) in [5.41, 5.74) is 0. The zero-order valence-electron chi connectivity index (χ0n) is 3.98. The molecule has 0 saturated carbocycles. The van der Waals surface area contributed by atoms with Crippen molar-refractivity contribution in [2.24, 2.45) is 0 Å². The van der Waals surface area contributed by atoms with E-state index < -0.39 is 0 Å². The summed E-state index contributed by atoms with van der Waals surface area (Å²) < 4.78 is -0.165. The first-order valence-electron chi connectivity index (χ1n) is 1.68. The van der Waals surface area contributed by atoms with Gasteiger partial charge in [0.1, 0.15) is 0 Å². The Labute approximate surface area is 42.5 Å². The van der Waals surface area contributed by atoms with Crippen molar-refractivity contribution < 1.29 is 9.85 Å². The van der Waals surface area contributed by atoms with Crippen LogP contribution in [0.15, 0.2) is 0 Å². The lowest BCUT2D eigenvalue weighted by Gasteiger charge is -2.13. The van der Waals surface area contributed by atoms with Crippen molar-refractivity contribution in [3.05, 3.63) is 0 Å². The Balaban J connectivity index is 3.17. The Kier molecular flexibility index (Phi) is 1.84. The fourth-order valence-electron chi connectivity index (χ4n) is 0. The molecule has 0 amide bonds. The predicted octanol–water partition coefficient (Wildman–Crippen LogP) is 0.648. The van der Waals surface area contributed by atoms with E-state index in [-0.39, 0.29) is 10.7 Å². The molecule has 0 bridgehead atoms. The summed E-state index contributed by atoms with van der Waals surface area (Å²) in [5, 5.41) is 8.63. The molecule has 0 aliphatic carbocycles. The molecule has 2 nitrogen and oxygen atoms in total. The maximum atomic E-state index is 8.63. The number of hydrogen-bond donors (Lipinski definition) is 1. The molecule has 3 heteroatoms. The third kappa shape index (κ3) is 4.21. The first kappa shape index (κ1) is 6.21. The van der Waals surface area contributed by atoms with Crippen molar-refractivity contribution in [1.82, 2.24) is 0 Å². The molecule has 0 aliphatic rings. The van der Waals surface area contributed by atoms with Crippen molar-refractivity contribution in [2.75, 3.05) is 20.1 Å². The van der Waals surface area contributed by atoms with Gasteiger partial charge in [0.25, 0.3) is 0 Å². The summed E-state index contributed by atoms with van der Waals surface area (Å²) in [6.45, 7) is 0. The normalized spacial score (nSPS) is 12.0. The largest absolute Gasteiger partial charge is 0.216 e. The van der Waals surface area contributed by atoms with Gasteiger partial charge in [-0.3, -0.25) is 0 Å². The number of halogens is 1. The molecular weight excluding hydrogens is 101 g/mol. The Morgan fingerprint density at radius 3 is 1.83 bits per heavy atom. The molecule has 0 fully saturated rings. The molecule has 0 aliphatic heterocycles. The summed E-state index contributed by atoms with van der Waals surface area (Å²) in [7, 11) is 3.21. The molecular formula is C3H9ClNO+. The summed E-state index contributed by atoms with van der Waals surface area (Å²) in [6, 6.07) is 0.236. The van der Waals surface area contributed by atoms with Gasteiger partial charge in [0.2, 0.25) is 0 Å². The smallest absolute Gasteiger partial charge is 0.183 e. The van der Waals surface area contributed by atoms with Crippen LogP contribution in [0.1, 0.15) is 0 Å². The quantitative estimate of drug-likeness (QED) is 0.227. The van der Waals surface area contributed by atoms with Gasteiger partial charge in [0, 0.05) is 0 Å². The van der Waals surface area contributed by atoms with Crippen LogP contribution in [0, 0.1) is 0 Å². The van der Waals surface area contributed by atoms with Crippen LogP contribution in [0.5, 0.6) is 0 Å². The SMILES string of the molecule is C[N+](C)(O)CCl. The van der Waals surface area contributed by atoms with E-state index in [1.807, 2.05) is 0 Å². The zero-order chi connectivity index (χ0) is 5.21. The highest BCUT2D eigenvalue weighted by Crippen LogP contribution is 1.88. The number of quaternary nitrogens is 1. The number of rotatable bonds is 1. The number of hydrogen-bond acceptors (Lipinski definition) is 1. The molecule has 0 unspecified atom stereocenters. The standard InChI is InChI=1S/C3H9ClNO/c1-5(2,6)3-4/h6H,3H2,1-2H3/q+1. The second-order valence-electron chi connectivity index (χ2n) is 1.74. The van der Waals surface area contributed by atoms with Gasteiger partial charge in [0.15, 0.2) is 6.00 Å². The van der Waals surface area contributed by atoms with Gasteiger partial charge in [-0.15, -0.1) is 0 Å². The summed E-state index contributed by atoms with van der Waals surface area (Å²) in [6.07, 6.45) is 0. The van der Waals surface area contributed by atoms with Crippen LogP contribution in [0.25, 0.3) is 0 Å². The highest BCUT2D eigenvalue weighted by molar-refractivity contribution is 6.16. The molecule has 0 aromatic heterocycles. The minimum absolute atomic E-state index is 0.165. The third-order valence-electron chi connectivity index (χ3n) is 0.292. The zero-order valence-corrected chi connectivity index (χ0v) is 4.74. The van der Waals surface area contributed by atoms with Crippen LogP contribution in [0.2, 0.25) is 0 Å². The molecule has 0 spiro atoms. The molecule has 0 atom stereocenters. The summed E-state index contributed by atoms with van der Waals surface area (Å²) in [5.74, 6) is 0. The summed E-state index contributed by atoms with van der Waals surface area (Å²) >= 11 is 5.20. The molecule has 1 N–H and O–H groups in total. The highest BCUT2D eigenvalue weighted by atomic mass is 35.5. The maximum absolute atomic E-state index is 8.63. The molecule has 38 valence electrons. The van der Waals surface area contributed by atoms with Crippen LogP contribution >= 0.6 is 11.6 Å². The Morgan fingerprint density at radius 2 is 1.83 bits per heavy atom. The van der Waals surface area contributed by atoms with Gasteiger partial charge in [-0.1, -0.05) is 11.6 Å². The van der Waals surface area contributed by atoms with Gasteiger partial charge < -0.3 is 0 Å². The highest BCUT2D eigenvalue weighted by Gasteiger charge is 2.04. The van der Waals surface area contributed by atoms with Gasteiger partial charge in [-0.2, -0.15) is 4.65 Å². The molecule has 0 rings (SSSR count). The monoisotopic (exact) mass is 110 g/mol. The third-order valence-corrected chi connectivity index (χ3v) is 0.877. The van der Waals surface area contributed by atoms with Crippen LogP contribution in [-0.2, 0) is 0 Å². The maximum Gasteiger partial charge on any atom is 0.183 e. The molecule has 0 radical (unpaired) electrons. The molecule has 6 heavy (non-hydrogen) atoms. The first-order chi connectivity index (χ1) is 2.56. The van der Waals surface area contributed by atoms with E-state index in [4.69, 9.17) is 16.8 Å². The van der Waals surface area contributed by atoms with E-state index in [0.29, 0.717) is 0 Å². The van der Waals surface area contributed by atoms with Crippen LogP contribution in [0.4, 0.5) is 0 Å². The topological polar surface area (TPSA) is 20.2 Å². The minimum atomic E-state index is -0.165.